The highest BCUT2D eigenvalue weighted by molar-refractivity contribution is 9.10. The molecule has 0 amide bonds. The molecule has 106 valence electrons. The number of benzene rings is 1. The summed E-state index contributed by atoms with van der Waals surface area (Å²) in [7, 11) is 0. The van der Waals surface area contributed by atoms with Crippen LogP contribution >= 0.6 is 15.9 Å². The average Bonchev–Trinajstić information content (AvgIpc) is 2.39. The lowest BCUT2D eigenvalue weighted by Crippen LogP contribution is -2.19. The Morgan fingerprint density at radius 1 is 1.42 bits per heavy atom. The Labute approximate surface area is 122 Å². The average molecular weight is 330 g/mol. The molecule has 0 saturated carbocycles. The highest BCUT2D eigenvalue weighted by Crippen LogP contribution is 2.18. The monoisotopic (exact) mass is 329 g/mol. The minimum atomic E-state index is -0.912. The van der Waals surface area contributed by atoms with Crippen LogP contribution in [-0.2, 0) is 11.3 Å². The molecule has 0 aliphatic carbocycles. The molecule has 1 rings (SSSR count). The summed E-state index contributed by atoms with van der Waals surface area (Å²) in [6, 6.07) is 5.05. The standard InChI is InChI=1S/C14H20BrNO3/c1-2-3-7-19-8-6-16-10-12-5-4-11(14(17)18)9-13(12)15/h4-5,9,16H,2-3,6-8,10H2,1H3,(H,17,18). The number of aromatic carboxylic acids is 1. The number of carboxylic acids is 1. The van der Waals surface area contributed by atoms with Crippen molar-refractivity contribution in [1.29, 1.82) is 0 Å². The van der Waals surface area contributed by atoms with Gasteiger partial charge < -0.3 is 15.2 Å². The number of hydrogen-bond acceptors (Lipinski definition) is 3. The van der Waals surface area contributed by atoms with Crippen LogP contribution in [0.2, 0.25) is 0 Å². The molecule has 0 aliphatic heterocycles. The molecule has 0 fully saturated rings. The van der Waals surface area contributed by atoms with Gasteiger partial charge in [-0.1, -0.05) is 35.3 Å². The van der Waals surface area contributed by atoms with Gasteiger partial charge in [0.1, 0.15) is 0 Å². The minimum absolute atomic E-state index is 0.290. The number of rotatable bonds is 9. The maximum absolute atomic E-state index is 10.8. The number of halogens is 1. The molecule has 0 unspecified atom stereocenters. The van der Waals surface area contributed by atoms with Crippen LogP contribution in [0.1, 0.15) is 35.7 Å². The van der Waals surface area contributed by atoms with Crippen molar-refractivity contribution in [3.8, 4) is 0 Å². The molecule has 0 atom stereocenters. The molecule has 0 saturated heterocycles. The van der Waals surface area contributed by atoms with E-state index >= 15 is 0 Å². The fraction of sp³-hybridized carbons (Fsp3) is 0.500. The minimum Gasteiger partial charge on any atom is -0.478 e. The fourth-order valence-corrected chi connectivity index (χ4v) is 2.06. The second-order valence-electron chi connectivity index (χ2n) is 4.25. The van der Waals surface area contributed by atoms with Gasteiger partial charge in [-0.2, -0.15) is 0 Å². The number of nitrogens with one attached hydrogen (secondary N) is 1. The van der Waals surface area contributed by atoms with Gasteiger partial charge in [-0.05, 0) is 24.1 Å². The third-order valence-corrected chi connectivity index (χ3v) is 3.42. The lowest BCUT2D eigenvalue weighted by molar-refractivity contribution is 0.0697. The Balaban J connectivity index is 2.28. The molecular weight excluding hydrogens is 310 g/mol. The van der Waals surface area contributed by atoms with E-state index < -0.39 is 5.97 Å². The molecule has 4 nitrogen and oxygen atoms in total. The third-order valence-electron chi connectivity index (χ3n) is 2.68. The van der Waals surface area contributed by atoms with Crippen molar-refractivity contribution in [2.45, 2.75) is 26.3 Å². The zero-order valence-electron chi connectivity index (χ0n) is 11.1. The van der Waals surface area contributed by atoms with E-state index in [1.807, 2.05) is 6.07 Å². The highest BCUT2D eigenvalue weighted by Gasteiger charge is 2.06. The van der Waals surface area contributed by atoms with Gasteiger partial charge in [0.25, 0.3) is 0 Å². The van der Waals surface area contributed by atoms with E-state index in [-0.39, 0.29) is 0 Å². The lowest BCUT2D eigenvalue weighted by Gasteiger charge is -2.08. The van der Waals surface area contributed by atoms with Crippen molar-refractivity contribution in [2.75, 3.05) is 19.8 Å². The Bertz CT molecular complexity index is 410. The van der Waals surface area contributed by atoms with E-state index in [0.717, 1.165) is 36.0 Å². The smallest absolute Gasteiger partial charge is 0.335 e. The van der Waals surface area contributed by atoms with Crippen LogP contribution < -0.4 is 5.32 Å². The molecule has 5 heteroatoms. The number of carboxylic acid groups (broad SMARTS) is 1. The van der Waals surface area contributed by atoms with Crippen molar-refractivity contribution in [1.82, 2.24) is 5.32 Å². The van der Waals surface area contributed by atoms with Gasteiger partial charge in [0.15, 0.2) is 0 Å². The molecule has 0 aromatic heterocycles. The molecule has 1 aromatic rings. The molecule has 1 aromatic carbocycles. The molecule has 0 spiro atoms. The molecular formula is C14H20BrNO3. The first-order valence-electron chi connectivity index (χ1n) is 6.45. The van der Waals surface area contributed by atoms with Crippen molar-refractivity contribution in [3.63, 3.8) is 0 Å². The molecule has 0 heterocycles. The van der Waals surface area contributed by atoms with E-state index in [1.165, 1.54) is 0 Å². The van der Waals surface area contributed by atoms with Gasteiger partial charge in [0.05, 0.1) is 12.2 Å². The second kappa shape index (κ2) is 9.07. The van der Waals surface area contributed by atoms with Gasteiger partial charge in [-0.3, -0.25) is 0 Å². The molecule has 0 bridgehead atoms. The van der Waals surface area contributed by atoms with E-state index in [1.54, 1.807) is 12.1 Å². The SMILES string of the molecule is CCCCOCCNCc1ccc(C(=O)O)cc1Br. The summed E-state index contributed by atoms with van der Waals surface area (Å²) < 4.78 is 6.25. The van der Waals surface area contributed by atoms with Crippen molar-refractivity contribution >= 4 is 21.9 Å². The fourth-order valence-electron chi connectivity index (χ4n) is 1.54. The molecule has 0 aliphatic rings. The van der Waals surface area contributed by atoms with Gasteiger partial charge >= 0.3 is 5.97 Å². The predicted octanol–water partition coefficient (Wildman–Crippen LogP) is 3.05. The predicted molar refractivity (Wildman–Crippen MR) is 78.5 cm³/mol. The van der Waals surface area contributed by atoms with Crippen LogP contribution in [0, 0.1) is 0 Å². The first-order chi connectivity index (χ1) is 9.15. The highest BCUT2D eigenvalue weighted by atomic mass is 79.9. The third kappa shape index (κ3) is 6.18. The second-order valence-corrected chi connectivity index (χ2v) is 5.11. The van der Waals surface area contributed by atoms with Crippen LogP contribution in [0.3, 0.4) is 0 Å². The summed E-state index contributed by atoms with van der Waals surface area (Å²) in [5.74, 6) is -0.912. The van der Waals surface area contributed by atoms with E-state index in [2.05, 4.69) is 28.2 Å². The Morgan fingerprint density at radius 2 is 2.21 bits per heavy atom. The maximum Gasteiger partial charge on any atom is 0.335 e. The quantitative estimate of drug-likeness (QED) is 0.683. The van der Waals surface area contributed by atoms with E-state index in [0.29, 0.717) is 18.7 Å². The topological polar surface area (TPSA) is 58.6 Å². The zero-order valence-corrected chi connectivity index (χ0v) is 12.7. The van der Waals surface area contributed by atoms with E-state index in [9.17, 15) is 4.79 Å². The summed E-state index contributed by atoms with van der Waals surface area (Å²) in [6.07, 6.45) is 2.25. The lowest BCUT2D eigenvalue weighted by atomic mass is 10.1. The number of unbranched alkanes of at least 4 members (excludes halogenated alkanes) is 1. The van der Waals surface area contributed by atoms with Crippen LogP contribution in [0.5, 0.6) is 0 Å². The number of carbonyl (C=O) groups is 1. The van der Waals surface area contributed by atoms with Gasteiger partial charge in [-0.15, -0.1) is 0 Å². The van der Waals surface area contributed by atoms with Gasteiger partial charge in [0, 0.05) is 24.2 Å². The maximum atomic E-state index is 10.8. The van der Waals surface area contributed by atoms with Crippen molar-refractivity contribution < 1.29 is 14.6 Å². The summed E-state index contributed by atoms with van der Waals surface area (Å²) in [6.45, 7) is 5.13. The molecule has 19 heavy (non-hydrogen) atoms. The first kappa shape index (κ1) is 16.1. The normalized spacial score (nSPS) is 10.6. The van der Waals surface area contributed by atoms with Gasteiger partial charge in [-0.25, -0.2) is 4.79 Å². The van der Waals surface area contributed by atoms with Crippen LogP contribution in [-0.4, -0.2) is 30.8 Å². The van der Waals surface area contributed by atoms with Crippen LogP contribution in [0.25, 0.3) is 0 Å². The Hall–Kier alpha value is -0.910. The van der Waals surface area contributed by atoms with Crippen molar-refractivity contribution in [3.05, 3.63) is 33.8 Å². The summed E-state index contributed by atoms with van der Waals surface area (Å²) in [4.78, 5) is 10.8. The zero-order chi connectivity index (χ0) is 14.1. The molecule has 2 N–H and O–H groups in total. The summed E-state index contributed by atoms with van der Waals surface area (Å²) >= 11 is 3.38. The van der Waals surface area contributed by atoms with Crippen LogP contribution in [0.15, 0.2) is 22.7 Å². The van der Waals surface area contributed by atoms with Gasteiger partial charge in [0.2, 0.25) is 0 Å². The Morgan fingerprint density at radius 3 is 2.84 bits per heavy atom. The Kier molecular flexibility index (Phi) is 7.70. The summed E-state index contributed by atoms with van der Waals surface area (Å²) in [5, 5.41) is 12.1. The van der Waals surface area contributed by atoms with E-state index in [4.69, 9.17) is 9.84 Å². The van der Waals surface area contributed by atoms with Crippen LogP contribution in [0.4, 0.5) is 0 Å². The largest absolute Gasteiger partial charge is 0.478 e. The number of ether oxygens (including phenoxy) is 1. The number of hydrogen-bond donors (Lipinski definition) is 2. The molecule has 0 radical (unpaired) electrons. The van der Waals surface area contributed by atoms with Crippen molar-refractivity contribution in [2.24, 2.45) is 0 Å². The summed E-state index contributed by atoms with van der Waals surface area (Å²) in [5.41, 5.74) is 1.33. The first-order valence-corrected chi connectivity index (χ1v) is 7.24.